The third kappa shape index (κ3) is 3.58. The maximum Gasteiger partial charge on any atom is 0.251 e. The van der Waals surface area contributed by atoms with Crippen molar-refractivity contribution in [2.45, 2.75) is 32.7 Å². The Labute approximate surface area is 127 Å². The predicted octanol–water partition coefficient (Wildman–Crippen LogP) is 3.10. The second kappa shape index (κ2) is 6.22. The van der Waals surface area contributed by atoms with Crippen LogP contribution >= 0.6 is 15.9 Å². The van der Waals surface area contributed by atoms with Crippen molar-refractivity contribution in [2.75, 3.05) is 13.1 Å². The van der Waals surface area contributed by atoms with Crippen LogP contribution in [0, 0.1) is 11.2 Å². The lowest BCUT2D eigenvalue weighted by atomic mass is 9.77. The third-order valence-electron chi connectivity index (χ3n) is 3.98. The molecule has 0 aromatic heterocycles. The van der Waals surface area contributed by atoms with E-state index >= 15 is 0 Å². The van der Waals surface area contributed by atoms with Crippen molar-refractivity contribution >= 4 is 21.8 Å². The number of carbonyl (C=O) groups excluding carboxylic acids is 1. The normalized spacial score (nSPS) is 21.5. The maximum absolute atomic E-state index is 13.4. The molecule has 1 aromatic rings. The van der Waals surface area contributed by atoms with Gasteiger partial charge < -0.3 is 10.6 Å². The van der Waals surface area contributed by atoms with Gasteiger partial charge in [-0.15, -0.1) is 0 Å². The van der Waals surface area contributed by atoms with Crippen molar-refractivity contribution in [1.29, 1.82) is 0 Å². The Morgan fingerprint density at radius 2 is 2.30 bits per heavy atom. The van der Waals surface area contributed by atoms with Crippen molar-refractivity contribution in [3.8, 4) is 0 Å². The SMILES string of the molecule is CC1(C)CCCNC1CNC(=O)c1ccc(Br)c(F)c1. The van der Waals surface area contributed by atoms with Crippen LogP contribution in [0.4, 0.5) is 4.39 Å². The molecule has 2 N–H and O–H groups in total. The van der Waals surface area contributed by atoms with Crippen LogP contribution in [0.2, 0.25) is 0 Å². The molecule has 3 nitrogen and oxygen atoms in total. The summed E-state index contributed by atoms with van der Waals surface area (Å²) in [4.78, 5) is 12.0. The third-order valence-corrected chi connectivity index (χ3v) is 4.62. The number of hydrogen-bond acceptors (Lipinski definition) is 2. The number of nitrogens with one attached hydrogen (secondary N) is 2. The van der Waals surface area contributed by atoms with E-state index in [4.69, 9.17) is 0 Å². The molecule has 1 heterocycles. The summed E-state index contributed by atoms with van der Waals surface area (Å²) in [5.74, 6) is -0.659. The zero-order chi connectivity index (χ0) is 14.8. The molecule has 20 heavy (non-hydrogen) atoms. The second-order valence-corrected chi connectivity index (χ2v) is 6.79. The first kappa shape index (κ1) is 15.4. The van der Waals surface area contributed by atoms with Crippen molar-refractivity contribution in [3.05, 3.63) is 34.1 Å². The molecule has 0 radical (unpaired) electrons. The van der Waals surface area contributed by atoms with Crippen LogP contribution < -0.4 is 10.6 Å². The molecule has 5 heteroatoms. The highest BCUT2D eigenvalue weighted by Crippen LogP contribution is 2.29. The van der Waals surface area contributed by atoms with E-state index in [-0.39, 0.29) is 17.4 Å². The Bertz CT molecular complexity index is 505. The number of rotatable bonds is 3. The van der Waals surface area contributed by atoms with E-state index in [1.165, 1.54) is 6.07 Å². The van der Waals surface area contributed by atoms with Gasteiger partial charge in [-0.25, -0.2) is 4.39 Å². The summed E-state index contributed by atoms with van der Waals surface area (Å²) in [6, 6.07) is 4.66. The molecule has 1 saturated heterocycles. The first-order chi connectivity index (χ1) is 9.40. The van der Waals surface area contributed by atoms with Gasteiger partial charge in [-0.2, -0.15) is 0 Å². The van der Waals surface area contributed by atoms with Gasteiger partial charge in [0.1, 0.15) is 5.82 Å². The van der Waals surface area contributed by atoms with Gasteiger partial charge in [0, 0.05) is 18.2 Å². The number of halogens is 2. The van der Waals surface area contributed by atoms with Crippen molar-refractivity contribution < 1.29 is 9.18 Å². The summed E-state index contributed by atoms with van der Waals surface area (Å²) in [5.41, 5.74) is 0.510. The summed E-state index contributed by atoms with van der Waals surface area (Å²) in [5, 5.41) is 6.33. The van der Waals surface area contributed by atoms with Crippen LogP contribution in [-0.2, 0) is 0 Å². The highest BCUT2D eigenvalue weighted by atomic mass is 79.9. The fourth-order valence-corrected chi connectivity index (χ4v) is 2.80. The molecule has 2 rings (SSSR count). The molecule has 1 fully saturated rings. The Balaban J connectivity index is 1.96. The molecule has 0 saturated carbocycles. The van der Waals surface area contributed by atoms with Crippen LogP contribution in [0.3, 0.4) is 0 Å². The first-order valence-corrected chi connectivity index (χ1v) is 7.66. The van der Waals surface area contributed by atoms with E-state index in [0.29, 0.717) is 16.6 Å². The largest absolute Gasteiger partial charge is 0.350 e. The minimum atomic E-state index is -0.422. The molecule has 1 atom stereocenters. The molecule has 0 bridgehead atoms. The molecule has 1 amide bonds. The molecule has 0 spiro atoms. The highest BCUT2D eigenvalue weighted by Gasteiger charge is 2.31. The second-order valence-electron chi connectivity index (χ2n) is 5.94. The molecule has 1 unspecified atom stereocenters. The summed E-state index contributed by atoms with van der Waals surface area (Å²) in [6.07, 6.45) is 2.31. The van der Waals surface area contributed by atoms with Crippen LogP contribution in [0.5, 0.6) is 0 Å². The summed E-state index contributed by atoms with van der Waals surface area (Å²) in [6.45, 7) is 5.95. The Hall–Kier alpha value is -0.940. The molecular formula is C15H20BrFN2O. The number of piperidine rings is 1. The van der Waals surface area contributed by atoms with E-state index in [0.717, 1.165) is 19.4 Å². The lowest BCUT2D eigenvalue weighted by Crippen LogP contribution is -2.52. The lowest BCUT2D eigenvalue weighted by molar-refractivity contribution is 0.0928. The van der Waals surface area contributed by atoms with Gasteiger partial charge in [0.2, 0.25) is 0 Å². The smallest absolute Gasteiger partial charge is 0.251 e. The Morgan fingerprint density at radius 3 is 2.95 bits per heavy atom. The zero-order valence-electron chi connectivity index (χ0n) is 11.8. The minimum absolute atomic E-state index is 0.163. The predicted molar refractivity (Wildman–Crippen MR) is 81.2 cm³/mol. The lowest BCUT2D eigenvalue weighted by Gasteiger charge is -2.39. The minimum Gasteiger partial charge on any atom is -0.350 e. The van der Waals surface area contributed by atoms with E-state index in [1.54, 1.807) is 12.1 Å². The van der Waals surface area contributed by atoms with Gasteiger partial charge in [0.25, 0.3) is 5.91 Å². The average Bonchev–Trinajstić information content (AvgIpc) is 2.40. The van der Waals surface area contributed by atoms with Gasteiger partial charge >= 0.3 is 0 Å². The van der Waals surface area contributed by atoms with Gasteiger partial charge in [-0.05, 0) is 58.9 Å². The number of benzene rings is 1. The van der Waals surface area contributed by atoms with Crippen LogP contribution in [0.1, 0.15) is 37.0 Å². The highest BCUT2D eigenvalue weighted by molar-refractivity contribution is 9.10. The molecule has 1 aromatic carbocycles. The summed E-state index contributed by atoms with van der Waals surface area (Å²) >= 11 is 3.08. The molecule has 0 aliphatic carbocycles. The molecular weight excluding hydrogens is 323 g/mol. The van der Waals surface area contributed by atoms with Gasteiger partial charge in [0.05, 0.1) is 4.47 Å². The van der Waals surface area contributed by atoms with Gasteiger partial charge in [0.15, 0.2) is 0 Å². The summed E-state index contributed by atoms with van der Waals surface area (Å²) in [7, 11) is 0. The number of carbonyl (C=O) groups is 1. The first-order valence-electron chi connectivity index (χ1n) is 6.87. The van der Waals surface area contributed by atoms with E-state index in [1.807, 2.05) is 0 Å². The van der Waals surface area contributed by atoms with E-state index < -0.39 is 5.82 Å². The molecule has 1 aliphatic rings. The van der Waals surface area contributed by atoms with Crippen molar-refractivity contribution in [3.63, 3.8) is 0 Å². The Morgan fingerprint density at radius 1 is 1.55 bits per heavy atom. The average molecular weight is 343 g/mol. The Kier molecular flexibility index (Phi) is 4.81. The van der Waals surface area contributed by atoms with Gasteiger partial charge in [-0.3, -0.25) is 4.79 Å². The number of hydrogen-bond donors (Lipinski definition) is 2. The standard InChI is InChI=1S/C15H20BrFN2O/c1-15(2)6-3-7-18-13(15)9-19-14(20)10-4-5-11(16)12(17)8-10/h4-5,8,13,18H,3,6-7,9H2,1-2H3,(H,19,20). The number of amides is 1. The van der Waals surface area contributed by atoms with Crippen LogP contribution in [0.15, 0.2) is 22.7 Å². The monoisotopic (exact) mass is 342 g/mol. The fourth-order valence-electron chi connectivity index (χ4n) is 2.55. The topological polar surface area (TPSA) is 41.1 Å². The van der Waals surface area contributed by atoms with Crippen molar-refractivity contribution in [1.82, 2.24) is 10.6 Å². The van der Waals surface area contributed by atoms with Crippen LogP contribution in [-0.4, -0.2) is 25.0 Å². The van der Waals surface area contributed by atoms with E-state index in [2.05, 4.69) is 40.4 Å². The summed E-state index contributed by atoms with van der Waals surface area (Å²) < 4.78 is 13.8. The van der Waals surface area contributed by atoms with E-state index in [9.17, 15) is 9.18 Å². The van der Waals surface area contributed by atoms with Gasteiger partial charge in [-0.1, -0.05) is 13.8 Å². The quantitative estimate of drug-likeness (QED) is 0.886. The van der Waals surface area contributed by atoms with Crippen molar-refractivity contribution in [2.24, 2.45) is 5.41 Å². The fraction of sp³-hybridized carbons (Fsp3) is 0.533. The zero-order valence-corrected chi connectivity index (χ0v) is 13.4. The molecule has 1 aliphatic heterocycles. The maximum atomic E-state index is 13.4. The molecule has 110 valence electrons. The van der Waals surface area contributed by atoms with Crippen LogP contribution in [0.25, 0.3) is 0 Å².